The van der Waals surface area contributed by atoms with Crippen LogP contribution in [0.2, 0.25) is 0 Å². The fraction of sp³-hybridized carbons (Fsp3) is 0.667. The molecule has 1 atom stereocenters. The van der Waals surface area contributed by atoms with E-state index in [2.05, 4.69) is 22.8 Å². The molecule has 2 fully saturated rings. The fourth-order valence-electron chi connectivity index (χ4n) is 4.18. The summed E-state index contributed by atoms with van der Waals surface area (Å²) in [5.74, 6) is 0.674. The minimum atomic E-state index is -4.15. The van der Waals surface area contributed by atoms with E-state index in [1.54, 1.807) is 0 Å². The lowest BCUT2D eigenvalue weighted by molar-refractivity contribution is -0.143. The van der Waals surface area contributed by atoms with Crippen molar-refractivity contribution in [2.75, 3.05) is 45.9 Å². The van der Waals surface area contributed by atoms with Crippen LogP contribution in [-0.2, 0) is 10.2 Å². The van der Waals surface area contributed by atoms with E-state index < -0.39 is 12.7 Å². The molecule has 0 spiro atoms. The average Bonchev–Trinajstić information content (AvgIpc) is 3.13. The lowest BCUT2D eigenvalue weighted by Crippen LogP contribution is -2.46. The summed E-state index contributed by atoms with van der Waals surface area (Å²) in [7, 11) is 0. The second-order valence-electron chi connectivity index (χ2n) is 7.93. The zero-order chi connectivity index (χ0) is 20.7. The van der Waals surface area contributed by atoms with E-state index in [1.165, 1.54) is 10.5 Å². The van der Waals surface area contributed by atoms with Crippen LogP contribution in [0.25, 0.3) is 0 Å². The highest BCUT2D eigenvalue weighted by Gasteiger charge is 2.36. The van der Waals surface area contributed by atoms with Gasteiger partial charge in [0, 0.05) is 44.3 Å². The highest BCUT2D eigenvalue weighted by atomic mass is 19.4. The average molecular weight is 413 g/mol. The summed E-state index contributed by atoms with van der Waals surface area (Å²) < 4.78 is 43.5. The van der Waals surface area contributed by atoms with Crippen LogP contribution in [0.4, 0.5) is 13.2 Å². The van der Waals surface area contributed by atoms with Gasteiger partial charge in [-0.15, -0.1) is 0 Å². The van der Waals surface area contributed by atoms with Gasteiger partial charge in [-0.2, -0.15) is 13.2 Å². The van der Waals surface area contributed by atoms with Crippen molar-refractivity contribution in [1.82, 2.24) is 15.5 Å². The second kappa shape index (κ2) is 9.80. The molecule has 2 N–H and O–H groups in total. The number of rotatable bonds is 6. The van der Waals surface area contributed by atoms with Crippen LogP contribution in [0.15, 0.2) is 35.3 Å². The van der Waals surface area contributed by atoms with Crippen molar-refractivity contribution in [2.45, 2.75) is 43.8 Å². The third-order valence-electron chi connectivity index (χ3n) is 5.74. The van der Waals surface area contributed by atoms with E-state index in [1.807, 2.05) is 25.1 Å². The van der Waals surface area contributed by atoms with E-state index in [9.17, 15) is 13.2 Å². The van der Waals surface area contributed by atoms with Crippen molar-refractivity contribution >= 4 is 5.96 Å². The van der Waals surface area contributed by atoms with Crippen LogP contribution in [0.5, 0.6) is 0 Å². The van der Waals surface area contributed by atoms with Crippen molar-refractivity contribution in [1.29, 1.82) is 0 Å². The number of nitrogens with one attached hydrogen (secondary N) is 2. The molecule has 8 heteroatoms. The first-order chi connectivity index (χ1) is 13.9. The molecule has 29 heavy (non-hydrogen) atoms. The number of likely N-dealkylation sites (tertiary alicyclic amines) is 1. The van der Waals surface area contributed by atoms with E-state index in [0.29, 0.717) is 51.8 Å². The van der Waals surface area contributed by atoms with Crippen molar-refractivity contribution < 1.29 is 17.9 Å². The quantitative estimate of drug-likeness (QED) is 0.557. The van der Waals surface area contributed by atoms with Crippen LogP contribution in [0.3, 0.4) is 0 Å². The third-order valence-corrected chi connectivity index (χ3v) is 5.74. The molecule has 2 aliphatic heterocycles. The van der Waals surface area contributed by atoms with Crippen molar-refractivity contribution in [3.63, 3.8) is 0 Å². The largest absolute Gasteiger partial charge is 0.401 e. The molecule has 162 valence electrons. The lowest BCUT2D eigenvalue weighted by Gasteiger charge is -2.36. The lowest BCUT2D eigenvalue weighted by atomic mass is 9.74. The van der Waals surface area contributed by atoms with Crippen molar-refractivity contribution in [2.24, 2.45) is 4.99 Å². The Hall–Kier alpha value is -1.80. The van der Waals surface area contributed by atoms with Crippen LogP contribution in [0.1, 0.15) is 31.7 Å². The summed E-state index contributed by atoms with van der Waals surface area (Å²) >= 11 is 0. The van der Waals surface area contributed by atoms with Gasteiger partial charge in [-0.25, -0.2) is 0 Å². The molecule has 0 radical (unpaired) electrons. The molecule has 1 unspecified atom stereocenters. The number of hydrogen-bond donors (Lipinski definition) is 2. The monoisotopic (exact) mass is 412 g/mol. The van der Waals surface area contributed by atoms with Gasteiger partial charge >= 0.3 is 6.18 Å². The zero-order valence-electron chi connectivity index (χ0n) is 17.0. The number of alkyl halides is 3. The Morgan fingerprint density at radius 2 is 1.97 bits per heavy atom. The molecule has 0 bridgehead atoms. The molecule has 0 aromatic heterocycles. The van der Waals surface area contributed by atoms with Gasteiger partial charge in [-0.05, 0) is 31.7 Å². The van der Waals surface area contributed by atoms with Crippen LogP contribution < -0.4 is 10.6 Å². The Balaban J connectivity index is 1.66. The van der Waals surface area contributed by atoms with Gasteiger partial charge in [0.15, 0.2) is 5.96 Å². The van der Waals surface area contributed by atoms with Gasteiger partial charge < -0.3 is 15.4 Å². The van der Waals surface area contributed by atoms with Gasteiger partial charge in [0.05, 0.1) is 13.1 Å². The molecule has 2 heterocycles. The molecule has 0 saturated carbocycles. The normalized spacial score (nSPS) is 23.2. The van der Waals surface area contributed by atoms with E-state index in [4.69, 9.17) is 9.73 Å². The van der Waals surface area contributed by atoms with Gasteiger partial charge in [-0.1, -0.05) is 30.3 Å². The summed E-state index contributed by atoms with van der Waals surface area (Å²) in [4.78, 5) is 6.30. The number of hydrogen-bond acceptors (Lipinski definition) is 3. The Bertz CT molecular complexity index is 660. The molecular formula is C21H31F3N4O. The SMILES string of the molecule is CCNC(=NCC1(c2ccccc2)CCOCC1)NC1CCN(CC(F)(F)F)C1. The highest BCUT2D eigenvalue weighted by molar-refractivity contribution is 5.80. The molecular weight excluding hydrogens is 381 g/mol. The van der Waals surface area contributed by atoms with Crippen molar-refractivity contribution in [3.05, 3.63) is 35.9 Å². The molecule has 5 nitrogen and oxygen atoms in total. The van der Waals surface area contributed by atoms with Crippen LogP contribution >= 0.6 is 0 Å². The van der Waals surface area contributed by atoms with Crippen LogP contribution in [-0.4, -0.2) is 69.0 Å². The summed E-state index contributed by atoms with van der Waals surface area (Å²) in [6.45, 7) is 4.70. The minimum Gasteiger partial charge on any atom is -0.381 e. The van der Waals surface area contributed by atoms with Gasteiger partial charge in [0.1, 0.15) is 0 Å². The Kier molecular flexibility index (Phi) is 7.40. The Morgan fingerprint density at radius 1 is 1.24 bits per heavy atom. The van der Waals surface area contributed by atoms with Gasteiger partial charge in [0.2, 0.25) is 0 Å². The number of aliphatic imine (C=N–C) groups is 1. The highest BCUT2D eigenvalue weighted by Crippen LogP contribution is 2.35. The third kappa shape index (κ3) is 6.34. The smallest absolute Gasteiger partial charge is 0.381 e. The van der Waals surface area contributed by atoms with E-state index in [-0.39, 0.29) is 11.5 Å². The maximum absolute atomic E-state index is 12.6. The topological polar surface area (TPSA) is 48.9 Å². The predicted octanol–water partition coefficient (Wildman–Crippen LogP) is 2.93. The fourth-order valence-corrected chi connectivity index (χ4v) is 4.18. The number of guanidine groups is 1. The number of nitrogens with zero attached hydrogens (tertiary/aromatic N) is 2. The molecule has 3 rings (SSSR count). The van der Waals surface area contributed by atoms with Crippen LogP contribution in [0, 0.1) is 0 Å². The van der Waals surface area contributed by atoms with E-state index >= 15 is 0 Å². The summed E-state index contributed by atoms with van der Waals surface area (Å²) in [6.07, 6.45) is -1.66. The summed E-state index contributed by atoms with van der Waals surface area (Å²) in [6, 6.07) is 10.4. The first-order valence-electron chi connectivity index (χ1n) is 10.4. The van der Waals surface area contributed by atoms with Gasteiger partial charge in [-0.3, -0.25) is 9.89 Å². The predicted molar refractivity (Wildman–Crippen MR) is 108 cm³/mol. The molecule has 1 aromatic carbocycles. The molecule has 2 aliphatic rings. The molecule has 0 amide bonds. The van der Waals surface area contributed by atoms with Gasteiger partial charge in [0.25, 0.3) is 0 Å². The first kappa shape index (κ1) is 21.9. The van der Waals surface area contributed by atoms with E-state index in [0.717, 1.165) is 12.8 Å². The standard InChI is InChI=1S/C21H31F3N4O/c1-2-25-19(27-18-8-11-28(14-18)16-21(22,23)24)26-15-20(9-12-29-13-10-20)17-6-4-3-5-7-17/h3-7,18H,2,8-16H2,1H3,(H2,25,26,27). The summed E-state index contributed by atoms with van der Waals surface area (Å²) in [5.41, 5.74) is 1.19. The molecule has 1 aromatic rings. The van der Waals surface area contributed by atoms with Crippen molar-refractivity contribution in [3.8, 4) is 0 Å². The second-order valence-corrected chi connectivity index (χ2v) is 7.93. The minimum absolute atomic E-state index is 0.0301. The first-order valence-corrected chi connectivity index (χ1v) is 10.4. The molecule has 0 aliphatic carbocycles. The number of ether oxygens (including phenoxy) is 1. The zero-order valence-corrected chi connectivity index (χ0v) is 17.0. The summed E-state index contributed by atoms with van der Waals surface area (Å²) in [5, 5.41) is 6.59. The molecule has 2 saturated heterocycles. The Morgan fingerprint density at radius 3 is 2.62 bits per heavy atom. The Labute approximate surface area is 170 Å². The number of benzene rings is 1. The number of halogens is 3. The maximum Gasteiger partial charge on any atom is 0.401 e. The maximum atomic E-state index is 12.6.